The van der Waals surface area contributed by atoms with E-state index < -0.39 is 0 Å². The number of fused-ring (bicyclic) bond motifs is 13. The Morgan fingerprint density at radius 2 is 1.37 bits per heavy atom. The molecule has 3 aromatic heterocycles. The van der Waals surface area contributed by atoms with Gasteiger partial charge in [0.1, 0.15) is 0 Å². The third-order valence-corrected chi connectivity index (χ3v) is 9.07. The Balaban J connectivity index is 1.53. The molecule has 0 aliphatic rings. The molecule has 3 heterocycles. The number of benzene rings is 6. The van der Waals surface area contributed by atoms with Crippen molar-refractivity contribution in [2.45, 2.75) is 0 Å². The van der Waals surface area contributed by atoms with Crippen LogP contribution >= 0.6 is 11.3 Å². The number of thiophene rings is 1. The lowest BCUT2D eigenvalue weighted by molar-refractivity contribution is 1.25. The molecule has 0 fully saturated rings. The molecule has 6 aromatic carbocycles. The summed E-state index contributed by atoms with van der Waals surface area (Å²) in [6.07, 6.45) is 0. The number of imidazole rings is 1. The molecule has 0 atom stereocenters. The minimum Gasteiger partial charge on any atom is -0.291 e. The number of hydrogen-bond acceptors (Lipinski definition) is 2. The zero-order valence-corrected chi connectivity index (χ0v) is 21.1. The van der Waals surface area contributed by atoms with E-state index in [-0.39, 0.29) is 0 Å². The molecule has 175 valence electrons. The Hall–Kier alpha value is -4.73. The average molecular weight is 500 g/mol. The fourth-order valence-electron chi connectivity index (χ4n) is 6.19. The molecule has 0 N–H and O–H groups in total. The molecule has 0 spiro atoms. The van der Waals surface area contributed by atoms with Crippen LogP contribution in [-0.4, -0.2) is 9.38 Å². The highest BCUT2D eigenvalue weighted by Crippen LogP contribution is 2.44. The van der Waals surface area contributed by atoms with Gasteiger partial charge in [-0.1, -0.05) is 97.1 Å². The molecule has 0 aliphatic carbocycles. The number of rotatable bonds is 1. The molecule has 2 nitrogen and oxygen atoms in total. The van der Waals surface area contributed by atoms with E-state index in [1.165, 1.54) is 52.5 Å². The van der Waals surface area contributed by atoms with Crippen LogP contribution < -0.4 is 0 Å². The van der Waals surface area contributed by atoms with Gasteiger partial charge in [0.25, 0.3) is 0 Å². The van der Waals surface area contributed by atoms with Gasteiger partial charge in [0.2, 0.25) is 0 Å². The van der Waals surface area contributed by atoms with Gasteiger partial charge in [-0.2, -0.15) is 0 Å². The molecule has 0 amide bonds. The minimum atomic E-state index is 1.02. The molecule has 0 unspecified atom stereocenters. The lowest BCUT2D eigenvalue weighted by Gasteiger charge is -2.09. The van der Waals surface area contributed by atoms with Crippen LogP contribution in [0.3, 0.4) is 0 Å². The maximum Gasteiger partial charge on any atom is 0.156 e. The van der Waals surface area contributed by atoms with Gasteiger partial charge in [-0.3, -0.25) is 4.40 Å². The van der Waals surface area contributed by atoms with Crippen molar-refractivity contribution in [1.82, 2.24) is 9.38 Å². The Morgan fingerprint density at radius 1 is 0.632 bits per heavy atom. The van der Waals surface area contributed by atoms with Crippen molar-refractivity contribution in [3.8, 4) is 11.3 Å². The molecule has 1 radical (unpaired) electrons. The van der Waals surface area contributed by atoms with Gasteiger partial charge >= 0.3 is 0 Å². The predicted octanol–water partition coefficient (Wildman–Crippen LogP) is 9.78. The standard InChI is InChI=1S/C35H19N2S/c1-2-10-23(11-3-1)30-20-28-32-25-13-7-5-9-22(25)15-19-31(32)38-34(28)35-36-33-27-16-14-21-8-4-6-12-24(21)26(27)17-18-29(33)37(30)35/h2-20H. The van der Waals surface area contributed by atoms with Crippen molar-refractivity contribution in [3.05, 3.63) is 121 Å². The zero-order chi connectivity index (χ0) is 24.8. The predicted molar refractivity (Wildman–Crippen MR) is 162 cm³/mol. The first-order valence-electron chi connectivity index (χ1n) is 12.8. The Labute approximate surface area is 222 Å². The van der Waals surface area contributed by atoms with Crippen molar-refractivity contribution in [1.29, 1.82) is 0 Å². The third-order valence-electron chi connectivity index (χ3n) is 7.90. The second-order valence-electron chi connectivity index (χ2n) is 9.91. The Kier molecular flexibility index (Phi) is 3.96. The van der Waals surface area contributed by atoms with Gasteiger partial charge < -0.3 is 0 Å². The van der Waals surface area contributed by atoms with Gasteiger partial charge in [-0.25, -0.2) is 4.98 Å². The molecule has 0 bridgehead atoms. The second-order valence-corrected chi connectivity index (χ2v) is 11.0. The molecular weight excluding hydrogens is 480 g/mol. The van der Waals surface area contributed by atoms with E-state index in [9.17, 15) is 0 Å². The summed E-state index contributed by atoms with van der Waals surface area (Å²) in [5.41, 5.74) is 5.51. The third kappa shape index (κ3) is 2.64. The van der Waals surface area contributed by atoms with Crippen molar-refractivity contribution in [3.63, 3.8) is 0 Å². The summed E-state index contributed by atoms with van der Waals surface area (Å²) in [4.78, 5) is 5.41. The average Bonchev–Trinajstić information content (AvgIpc) is 3.56. The van der Waals surface area contributed by atoms with Crippen LogP contribution in [0.1, 0.15) is 0 Å². The summed E-state index contributed by atoms with van der Waals surface area (Å²) in [5, 5.41) is 10.1. The van der Waals surface area contributed by atoms with Gasteiger partial charge in [0, 0.05) is 20.9 Å². The van der Waals surface area contributed by atoms with Gasteiger partial charge in [0.05, 0.1) is 21.4 Å². The minimum absolute atomic E-state index is 1.02. The van der Waals surface area contributed by atoms with Crippen LogP contribution in [0.25, 0.3) is 80.4 Å². The van der Waals surface area contributed by atoms with Gasteiger partial charge in [-0.05, 0) is 56.8 Å². The van der Waals surface area contributed by atoms with E-state index in [0.29, 0.717) is 0 Å². The molecule has 38 heavy (non-hydrogen) atoms. The van der Waals surface area contributed by atoms with Crippen molar-refractivity contribution < 1.29 is 0 Å². The first-order chi connectivity index (χ1) is 18.8. The number of pyridine rings is 1. The highest BCUT2D eigenvalue weighted by molar-refractivity contribution is 7.26. The van der Waals surface area contributed by atoms with Gasteiger partial charge in [-0.15, -0.1) is 11.3 Å². The zero-order valence-electron chi connectivity index (χ0n) is 20.3. The Bertz CT molecular complexity index is 2390. The highest BCUT2D eigenvalue weighted by Gasteiger charge is 2.20. The quantitative estimate of drug-likeness (QED) is 0.205. The summed E-state index contributed by atoms with van der Waals surface area (Å²) >= 11 is 1.84. The largest absolute Gasteiger partial charge is 0.291 e. The number of aromatic nitrogens is 2. The normalized spacial score (nSPS) is 12.2. The summed E-state index contributed by atoms with van der Waals surface area (Å²) in [5.74, 6) is 0. The van der Waals surface area contributed by atoms with E-state index in [1.807, 2.05) is 23.5 Å². The van der Waals surface area contributed by atoms with E-state index in [0.717, 1.165) is 27.9 Å². The fraction of sp³-hybridized carbons (Fsp3) is 0. The second kappa shape index (κ2) is 7.41. The van der Waals surface area contributed by atoms with Crippen LogP contribution in [0, 0.1) is 6.07 Å². The first-order valence-corrected chi connectivity index (χ1v) is 13.6. The van der Waals surface area contributed by atoms with E-state index >= 15 is 0 Å². The van der Waals surface area contributed by atoms with Crippen LogP contribution in [0.4, 0.5) is 0 Å². The maximum atomic E-state index is 5.41. The number of nitrogens with zero attached hydrogens (tertiary/aromatic N) is 2. The van der Waals surface area contributed by atoms with Crippen molar-refractivity contribution in [2.24, 2.45) is 0 Å². The highest BCUT2D eigenvalue weighted by atomic mass is 32.1. The van der Waals surface area contributed by atoms with Crippen LogP contribution in [0.2, 0.25) is 0 Å². The molecule has 9 rings (SSSR count). The van der Waals surface area contributed by atoms with E-state index in [1.54, 1.807) is 0 Å². The first kappa shape index (κ1) is 20.3. The topological polar surface area (TPSA) is 17.3 Å². The maximum absolute atomic E-state index is 5.41. The number of hydrogen-bond donors (Lipinski definition) is 0. The lowest BCUT2D eigenvalue weighted by Crippen LogP contribution is -1.92. The summed E-state index contributed by atoms with van der Waals surface area (Å²) < 4.78 is 4.88. The molecule has 3 heteroatoms. The van der Waals surface area contributed by atoms with Crippen LogP contribution in [0.15, 0.2) is 115 Å². The lowest BCUT2D eigenvalue weighted by atomic mass is 10.0. The molecule has 0 saturated carbocycles. The monoisotopic (exact) mass is 499 g/mol. The summed E-state index contributed by atoms with van der Waals surface area (Å²) in [7, 11) is 0. The van der Waals surface area contributed by atoms with Crippen molar-refractivity contribution >= 4 is 80.5 Å². The molecule has 0 saturated heterocycles. The summed E-state index contributed by atoms with van der Waals surface area (Å²) in [6.45, 7) is 0. The molecular formula is C35H19N2S. The molecule has 9 aromatic rings. The van der Waals surface area contributed by atoms with Crippen LogP contribution in [-0.2, 0) is 0 Å². The van der Waals surface area contributed by atoms with Gasteiger partial charge in [0.15, 0.2) is 5.65 Å². The van der Waals surface area contributed by atoms with Crippen LogP contribution in [0.5, 0.6) is 0 Å². The molecule has 0 aliphatic heterocycles. The van der Waals surface area contributed by atoms with E-state index in [2.05, 4.69) is 114 Å². The Morgan fingerprint density at radius 3 is 2.24 bits per heavy atom. The van der Waals surface area contributed by atoms with E-state index in [4.69, 9.17) is 4.98 Å². The smallest absolute Gasteiger partial charge is 0.156 e. The fourth-order valence-corrected chi connectivity index (χ4v) is 7.37. The summed E-state index contributed by atoms with van der Waals surface area (Å²) in [6, 6.07) is 44.6. The SMILES string of the molecule is [c]1ccc(-c2cc3c(sc4ccc5ccccc5c43)c3nc4c5ccc6ccccc6c5ccc4n23)cc1. The van der Waals surface area contributed by atoms with Crippen molar-refractivity contribution in [2.75, 3.05) is 0 Å².